The Morgan fingerprint density at radius 2 is 1.76 bits per heavy atom. The van der Waals surface area contributed by atoms with Gasteiger partial charge in [0.2, 0.25) is 0 Å². The molecule has 6 heteroatoms. The lowest BCUT2D eigenvalue weighted by Gasteiger charge is -2.25. The molecule has 0 heterocycles. The number of carbonyl (C=O) groups is 1. The number of unbranched alkanes of at least 4 members (excludes halogenated alkanes) is 1. The Balaban J connectivity index is 2.56. The molecule has 0 aromatic heterocycles. The molecule has 0 amide bonds. The highest BCUT2D eigenvalue weighted by Gasteiger charge is 2.28. The Bertz CT molecular complexity index is 832. The number of rotatable bonds is 7. The molecule has 0 radical (unpaired) electrons. The molecule has 2 aromatic rings. The van der Waals surface area contributed by atoms with Gasteiger partial charge in [-0.2, -0.15) is 0 Å². The van der Waals surface area contributed by atoms with E-state index in [2.05, 4.69) is 0 Å². The summed E-state index contributed by atoms with van der Waals surface area (Å²) in [5, 5.41) is 0. The molecule has 25 heavy (non-hydrogen) atoms. The van der Waals surface area contributed by atoms with E-state index in [9.17, 15) is 13.2 Å². The predicted octanol–water partition coefficient (Wildman–Crippen LogP) is 3.78. The average molecular weight is 361 g/mol. The first-order chi connectivity index (χ1) is 11.9. The maximum atomic E-state index is 13.3. The molecular formula is C19H23NO4S. The van der Waals surface area contributed by atoms with Crippen molar-refractivity contribution in [1.82, 2.24) is 0 Å². The van der Waals surface area contributed by atoms with E-state index in [-0.39, 0.29) is 10.5 Å². The van der Waals surface area contributed by atoms with E-state index >= 15 is 0 Å². The van der Waals surface area contributed by atoms with Crippen molar-refractivity contribution >= 4 is 21.7 Å². The van der Waals surface area contributed by atoms with Gasteiger partial charge >= 0.3 is 5.97 Å². The topological polar surface area (TPSA) is 63.7 Å². The standard InChI is InChI=1S/C19H23NO4S/c1-4-5-14-20(16-10-7-6-8-11-16)25(22,23)18-13-9-12-17(15(18)2)19(21)24-3/h6-13H,4-5,14H2,1-3H3. The van der Waals surface area contributed by atoms with Crippen LogP contribution < -0.4 is 4.31 Å². The third kappa shape index (κ3) is 4.02. The van der Waals surface area contributed by atoms with Gasteiger partial charge in [-0.1, -0.05) is 37.6 Å². The Labute approximate surface area is 149 Å². The molecule has 2 rings (SSSR count). The second-order valence-corrected chi connectivity index (χ2v) is 7.52. The Kier molecular flexibility index (Phi) is 6.20. The molecule has 0 spiro atoms. The van der Waals surface area contributed by atoms with Crippen molar-refractivity contribution in [2.24, 2.45) is 0 Å². The second-order valence-electron chi connectivity index (χ2n) is 5.69. The van der Waals surface area contributed by atoms with E-state index in [1.165, 1.54) is 17.5 Å². The summed E-state index contributed by atoms with van der Waals surface area (Å²) in [6, 6.07) is 13.7. The molecule has 134 valence electrons. The van der Waals surface area contributed by atoms with E-state index in [0.717, 1.165) is 12.8 Å². The van der Waals surface area contributed by atoms with Crippen molar-refractivity contribution in [2.45, 2.75) is 31.6 Å². The highest BCUT2D eigenvalue weighted by Crippen LogP contribution is 2.27. The molecule has 2 aromatic carbocycles. The molecule has 0 N–H and O–H groups in total. The maximum Gasteiger partial charge on any atom is 0.338 e. The summed E-state index contributed by atoms with van der Waals surface area (Å²) >= 11 is 0. The number of carbonyl (C=O) groups excluding carboxylic acids is 1. The number of anilines is 1. The minimum Gasteiger partial charge on any atom is -0.465 e. The zero-order valence-electron chi connectivity index (χ0n) is 14.7. The quantitative estimate of drug-likeness (QED) is 0.704. The van der Waals surface area contributed by atoms with Crippen LogP contribution in [0.25, 0.3) is 0 Å². The lowest BCUT2D eigenvalue weighted by molar-refractivity contribution is 0.0599. The van der Waals surface area contributed by atoms with Crippen LogP contribution in [0.1, 0.15) is 35.7 Å². The van der Waals surface area contributed by atoms with E-state index in [1.54, 1.807) is 31.2 Å². The summed E-state index contributed by atoms with van der Waals surface area (Å²) in [7, 11) is -2.52. The summed E-state index contributed by atoms with van der Waals surface area (Å²) in [5.74, 6) is -0.547. The van der Waals surface area contributed by atoms with Crippen LogP contribution >= 0.6 is 0 Å². The van der Waals surface area contributed by atoms with Crippen LogP contribution in [0.2, 0.25) is 0 Å². The minimum atomic E-state index is -3.80. The number of methoxy groups -OCH3 is 1. The van der Waals surface area contributed by atoms with Gasteiger partial charge < -0.3 is 4.74 Å². The fourth-order valence-electron chi connectivity index (χ4n) is 2.63. The number of ether oxygens (including phenoxy) is 1. The van der Waals surface area contributed by atoms with Gasteiger partial charge in [0.05, 0.1) is 23.3 Å². The van der Waals surface area contributed by atoms with Crippen LogP contribution in [0.4, 0.5) is 5.69 Å². The SMILES string of the molecule is CCCCN(c1ccccc1)S(=O)(=O)c1cccc(C(=O)OC)c1C. The fourth-order valence-corrected chi connectivity index (χ4v) is 4.38. The maximum absolute atomic E-state index is 13.3. The molecule has 0 unspecified atom stereocenters. The first kappa shape index (κ1) is 19.0. The summed E-state index contributed by atoms with van der Waals surface area (Å²) in [6.45, 7) is 4.02. The first-order valence-corrected chi connectivity index (χ1v) is 9.63. The molecular weight excluding hydrogens is 338 g/mol. The van der Waals surface area contributed by atoms with E-state index in [4.69, 9.17) is 4.74 Å². The molecule has 0 saturated heterocycles. The number of benzene rings is 2. The van der Waals surface area contributed by atoms with Crippen LogP contribution in [0.3, 0.4) is 0 Å². The first-order valence-electron chi connectivity index (χ1n) is 8.19. The predicted molar refractivity (Wildman–Crippen MR) is 98.4 cm³/mol. The molecule has 0 aliphatic heterocycles. The second kappa shape index (κ2) is 8.16. The third-order valence-corrected chi connectivity index (χ3v) is 5.99. The summed E-state index contributed by atoms with van der Waals surface area (Å²) in [4.78, 5) is 12.0. The van der Waals surface area contributed by atoms with Gasteiger partial charge in [-0.3, -0.25) is 4.31 Å². The molecule has 0 fully saturated rings. The smallest absolute Gasteiger partial charge is 0.338 e. The van der Waals surface area contributed by atoms with Crippen LogP contribution in [0, 0.1) is 6.92 Å². The van der Waals surface area contributed by atoms with Gasteiger partial charge in [0.25, 0.3) is 10.0 Å². The number of hydrogen-bond acceptors (Lipinski definition) is 4. The van der Waals surface area contributed by atoms with Crippen LogP contribution in [0.15, 0.2) is 53.4 Å². The largest absolute Gasteiger partial charge is 0.465 e. The van der Waals surface area contributed by atoms with Crippen molar-refractivity contribution in [2.75, 3.05) is 18.0 Å². The lowest BCUT2D eigenvalue weighted by atomic mass is 10.1. The molecule has 0 atom stereocenters. The van der Waals surface area contributed by atoms with E-state index < -0.39 is 16.0 Å². The van der Waals surface area contributed by atoms with Gasteiger partial charge in [0.15, 0.2) is 0 Å². The van der Waals surface area contributed by atoms with E-state index in [1.807, 2.05) is 25.1 Å². The van der Waals surface area contributed by atoms with Crippen LogP contribution in [0.5, 0.6) is 0 Å². The summed E-state index contributed by atoms with van der Waals surface area (Å²) < 4.78 is 32.7. The zero-order valence-corrected chi connectivity index (χ0v) is 15.5. The monoisotopic (exact) mass is 361 g/mol. The molecule has 0 bridgehead atoms. The third-order valence-electron chi connectivity index (χ3n) is 4.02. The van der Waals surface area contributed by atoms with Crippen molar-refractivity contribution < 1.29 is 17.9 Å². The summed E-state index contributed by atoms with van der Waals surface area (Å²) in [5.41, 5.74) is 1.26. The van der Waals surface area contributed by atoms with Crippen LogP contribution in [-0.2, 0) is 14.8 Å². The van der Waals surface area contributed by atoms with Crippen molar-refractivity contribution in [3.63, 3.8) is 0 Å². The van der Waals surface area contributed by atoms with Crippen molar-refractivity contribution in [3.05, 3.63) is 59.7 Å². The van der Waals surface area contributed by atoms with Crippen LogP contribution in [-0.4, -0.2) is 28.0 Å². The molecule has 5 nitrogen and oxygen atoms in total. The van der Waals surface area contributed by atoms with Gasteiger partial charge in [-0.25, -0.2) is 13.2 Å². The Morgan fingerprint density at radius 3 is 2.36 bits per heavy atom. The molecule has 0 aliphatic rings. The van der Waals surface area contributed by atoms with E-state index in [0.29, 0.717) is 17.8 Å². The van der Waals surface area contributed by atoms with Crippen molar-refractivity contribution in [3.8, 4) is 0 Å². The molecule has 0 saturated carbocycles. The fraction of sp³-hybridized carbons (Fsp3) is 0.316. The van der Waals surface area contributed by atoms with Gasteiger partial charge in [-0.05, 0) is 43.2 Å². The molecule has 0 aliphatic carbocycles. The van der Waals surface area contributed by atoms with Gasteiger partial charge in [0.1, 0.15) is 0 Å². The normalized spacial score (nSPS) is 11.2. The zero-order chi connectivity index (χ0) is 18.4. The lowest BCUT2D eigenvalue weighted by Crippen LogP contribution is -2.32. The summed E-state index contributed by atoms with van der Waals surface area (Å²) in [6.07, 6.45) is 1.61. The number of sulfonamides is 1. The highest BCUT2D eigenvalue weighted by atomic mass is 32.2. The number of esters is 1. The van der Waals surface area contributed by atoms with Gasteiger partial charge in [0, 0.05) is 6.54 Å². The minimum absolute atomic E-state index is 0.121. The Hall–Kier alpha value is -2.34. The van der Waals surface area contributed by atoms with Gasteiger partial charge in [-0.15, -0.1) is 0 Å². The Morgan fingerprint density at radius 1 is 1.08 bits per heavy atom. The number of para-hydroxylation sites is 1. The van der Waals surface area contributed by atoms with Crippen molar-refractivity contribution in [1.29, 1.82) is 0 Å². The number of hydrogen-bond donors (Lipinski definition) is 0. The highest BCUT2D eigenvalue weighted by molar-refractivity contribution is 7.92. The average Bonchev–Trinajstić information content (AvgIpc) is 2.62. The number of nitrogens with zero attached hydrogens (tertiary/aromatic N) is 1.